The number of ether oxygens (including phenoxy) is 1. The Morgan fingerprint density at radius 3 is 2.68 bits per heavy atom. The van der Waals surface area contributed by atoms with Gasteiger partial charge >= 0.3 is 0 Å². The minimum atomic E-state index is -1.33. The smallest absolute Gasteiger partial charge is 0.262 e. The Morgan fingerprint density at radius 1 is 1.36 bits per heavy atom. The molecule has 0 radical (unpaired) electrons. The van der Waals surface area contributed by atoms with E-state index >= 15 is 0 Å². The van der Waals surface area contributed by atoms with E-state index in [0.29, 0.717) is 0 Å². The molecule has 1 aliphatic heterocycles. The molecule has 22 heavy (non-hydrogen) atoms. The highest BCUT2D eigenvalue weighted by molar-refractivity contribution is 5.80. The Morgan fingerprint density at radius 2 is 2.09 bits per heavy atom. The van der Waals surface area contributed by atoms with Crippen LogP contribution in [0.4, 0.5) is 5.95 Å². The zero-order chi connectivity index (χ0) is 16.0. The number of fused-ring (bicyclic) bond motifs is 1. The lowest BCUT2D eigenvalue weighted by Crippen LogP contribution is -2.33. The van der Waals surface area contributed by atoms with Gasteiger partial charge in [-0.1, -0.05) is 0 Å². The summed E-state index contributed by atoms with van der Waals surface area (Å²) in [4.78, 5) is 18.3. The Bertz CT molecular complexity index is 756. The van der Waals surface area contributed by atoms with Gasteiger partial charge in [0.05, 0.1) is 18.6 Å². The minimum absolute atomic E-state index is 0.111. The van der Waals surface area contributed by atoms with Gasteiger partial charge in [-0.25, -0.2) is 0 Å². The summed E-state index contributed by atoms with van der Waals surface area (Å²) in [6, 6.07) is 0. The van der Waals surface area contributed by atoms with E-state index in [2.05, 4.69) is 9.97 Å². The highest BCUT2D eigenvalue weighted by Crippen LogP contribution is 2.32. The van der Waals surface area contributed by atoms with Gasteiger partial charge in [-0.05, 0) is 0 Å². The fraction of sp³-hybridized carbons (Fsp3) is 0.500. The van der Waals surface area contributed by atoms with Crippen molar-refractivity contribution in [2.75, 3.05) is 12.3 Å². The number of nitrogens with two attached hydrogens (primary N) is 1. The summed E-state index contributed by atoms with van der Waals surface area (Å²) in [7, 11) is 0. The Hall–Kier alpha value is -1.98. The van der Waals surface area contributed by atoms with E-state index in [4.69, 9.17) is 15.6 Å². The van der Waals surface area contributed by atoms with Gasteiger partial charge in [0.15, 0.2) is 11.9 Å². The average molecular weight is 312 g/mol. The molecule has 7 N–H and O–H groups in total. The number of nitrogens with one attached hydrogen (secondary N) is 1. The maximum Gasteiger partial charge on any atom is 0.262 e. The number of hydrogen-bond donors (Lipinski definition) is 6. The van der Waals surface area contributed by atoms with Crippen LogP contribution in [0.5, 0.6) is 0 Å². The SMILES string of the molecule is Nc1nc2c(c(CO)cn2[C@@H]2O[C@H](CO)[C@@H](O)[C@H]2O)c(=O)[nH]1. The third-order valence-electron chi connectivity index (χ3n) is 3.74. The first-order valence-electron chi connectivity index (χ1n) is 6.60. The first-order valence-corrected chi connectivity index (χ1v) is 6.60. The molecule has 1 saturated heterocycles. The molecule has 0 spiro atoms. The Labute approximate surface area is 123 Å². The lowest BCUT2D eigenvalue weighted by Gasteiger charge is -2.17. The third-order valence-corrected chi connectivity index (χ3v) is 3.74. The fourth-order valence-electron chi connectivity index (χ4n) is 2.67. The maximum atomic E-state index is 12.0. The van der Waals surface area contributed by atoms with Gasteiger partial charge in [0.1, 0.15) is 18.3 Å². The molecule has 3 heterocycles. The van der Waals surface area contributed by atoms with E-state index < -0.39 is 43.3 Å². The molecular weight excluding hydrogens is 296 g/mol. The van der Waals surface area contributed by atoms with Crippen LogP contribution in [-0.4, -0.2) is 59.9 Å². The maximum absolute atomic E-state index is 12.0. The number of aromatic amines is 1. The summed E-state index contributed by atoms with van der Waals surface area (Å²) < 4.78 is 6.72. The van der Waals surface area contributed by atoms with Crippen molar-refractivity contribution in [1.82, 2.24) is 14.5 Å². The van der Waals surface area contributed by atoms with Crippen LogP contribution in [0.3, 0.4) is 0 Å². The van der Waals surface area contributed by atoms with E-state index in [9.17, 15) is 20.1 Å². The predicted molar refractivity (Wildman–Crippen MR) is 73.7 cm³/mol. The van der Waals surface area contributed by atoms with Crippen LogP contribution in [0.1, 0.15) is 11.8 Å². The molecule has 0 bridgehead atoms. The van der Waals surface area contributed by atoms with Crippen LogP contribution >= 0.6 is 0 Å². The quantitative estimate of drug-likeness (QED) is 0.359. The summed E-state index contributed by atoms with van der Waals surface area (Å²) in [5.74, 6) is -0.131. The number of aromatic nitrogens is 3. The monoisotopic (exact) mass is 312 g/mol. The fourth-order valence-corrected chi connectivity index (χ4v) is 2.67. The second-order valence-corrected chi connectivity index (χ2v) is 5.10. The molecule has 0 saturated carbocycles. The zero-order valence-electron chi connectivity index (χ0n) is 11.4. The molecule has 4 atom stereocenters. The predicted octanol–water partition coefficient (Wildman–Crippen LogP) is -2.59. The number of aliphatic hydroxyl groups is 4. The Kier molecular flexibility index (Phi) is 3.62. The van der Waals surface area contributed by atoms with E-state index in [1.165, 1.54) is 10.8 Å². The molecule has 3 rings (SSSR count). The normalized spacial score (nSPS) is 28.5. The number of nitrogens with zero attached hydrogens (tertiary/aromatic N) is 2. The molecule has 1 fully saturated rings. The van der Waals surface area contributed by atoms with Gasteiger partial charge in [0.25, 0.3) is 5.56 Å². The van der Waals surface area contributed by atoms with Gasteiger partial charge in [0.2, 0.25) is 5.95 Å². The van der Waals surface area contributed by atoms with Crippen molar-refractivity contribution >= 4 is 17.0 Å². The second kappa shape index (κ2) is 5.34. The second-order valence-electron chi connectivity index (χ2n) is 5.10. The van der Waals surface area contributed by atoms with Gasteiger partial charge in [0, 0.05) is 11.8 Å². The van der Waals surface area contributed by atoms with Crippen LogP contribution in [0.15, 0.2) is 11.0 Å². The Balaban J connectivity index is 2.18. The highest BCUT2D eigenvalue weighted by Gasteiger charge is 2.44. The van der Waals surface area contributed by atoms with Crippen LogP contribution in [-0.2, 0) is 11.3 Å². The molecule has 1 aliphatic rings. The molecule has 0 aromatic carbocycles. The molecule has 0 aliphatic carbocycles. The summed E-state index contributed by atoms with van der Waals surface area (Å²) >= 11 is 0. The zero-order valence-corrected chi connectivity index (χ0v) is 11.4. The van der Waals surface area contributed by atoms with Crippen molar-refractivity contribution in [2.24, 2.45) is 0 Å². The van der Waals surface area contributed by atoms with Gasteiger partial charge < -0.3 is 35.5 Å². The number of nitrogen functional groups attached to an aromatic ring is 1. The molecule has 2 aromatic rings. The van der Waals surface area contributed by atoms with Crippen molar-refractivity contribution in [3.05, 3.63) is 22.1 Å². The molecular formula is C12H16N4O6. The molecule has 2 aromatic heterocycles. The van der Waals surface area contributed by atoms with Gasteiger partial charge in [-0.3, -0.25) is 9.78 Å². The standard InChI is InChI=1S/C12H16N4O6/c13-12-14-9-6(10(21)15-12)4(2-17)1-16(9)11-8(20)7(19)5(3-18)22-11/h1,5,7-8,11,17-20H,2-3H2,(H3,13,14,15,21)/t5-,7-,8-,11-/m1/s1. The van der Waals surface area contributed by atoms with Crippen LogP contribution in [0.2, 0.25) is 0 Å². The third kappa shape index (κ3) is 2.09. The van der Waals surface area contributed by atoms with Crippen molar-refractivity contribution in [3.8, 4) is 0 Å². The number of aliphatic hydroxyl groups excluding tert-OH is 4. The van der Waals surface area contributed by atoms with Crippen molar-refractivity contribution < 1.29 is 25.2 Å². The minimum Gasteiger partial charge on any atom is -0.394 e. The molecule has 0 unspecified atom stereocenters. The molecule has 10 nitrogen and oxygen atoms in total. The number of rotatable bonds is 3. The first kappa shape index (κ1) is 14.9. The first-order chi connectivity index (χ1) is 10.5. The number of anilines is 1. The van der Waals surface area contributed by atoms with Crippen LogP contribution in [0, 0.1) is 0 Å². The van der Waals surface area contributed by atoms with E-state index in [1.54, 1.807) is 0 Å². The van der Waals surface area contributed by atoms with Crippen LogP contribution in [0.25, 0.3) is 11.0 Å². The molecule has 0 amide bonds. The summed E-state index contributed by atoms with van der Waals surface area (Å²) in [6.07, 6.45) is -3.25. The van der Waals surface area contributed by atoms with E-state index in [1.807, 2.05) is 0 Å². The van der Waals surface area contributed by atoms with E-state index in [0.717, 1.165) is 0 Å². The lowest BCUT2D eigenvalue weighted by atomic mass is 10.1. The van der Waals surface area contributed by atoms with Gasteiger partial charge in [-0.2, -0.15) is 4.98 Å². The number of hydrogen-bond acceptors (Lipinski definition) is 8. The summed E-state index contributed by atoms with van der Waals surface area (Å²) in [5, 5.41) is 38.5. The van der Waals surface area contributed by atoms with E-state index in [-0.39, 0.29) is 22.5 Å². The van der Waals surface area contributed by atoms with Crippen molar-refractivity contribution in [3.63, 3.8) is 0 Å². The number of H-pyrrole nitrogens is 1. The van der Waals surface area contributed by atoms with Gasteiger partial charge in [-0.15, -0.1) is 0 Å². The van der Waals surface area contributed by atoms with Crippen molar-refractivity contribution in [1.29, 1.82) is 0 Å². The molecule has 120 valence electrons. The summed E-state index contributed by atoms with van der Waals surface area (Å²) in [6.45, 7) is -0.899. The average Bonchev–Trinajstić information content (AvgIpc) is 2.98. The topological polar surface area (TPSA) is 167 Å². The highest BCUT2D eigenvalue weighted by atomic mass is 16.6. The lowest BCUT2D eigenvalue weighted by molar-refractivity contribution is -0.0509. The summed E-state index contributed by atoms with van der Waals surface area (Å²) in [5.41, 5.74) is 5.38. The van der Waals surface area contributed by atoms with Crippen LogP contribution < -0.4 is 11.3 Å². The largest absolute Gasteiger partial charge is 0.394 e. The molecule has 10 heteroatoms. The van der Waals surface area contributed by atoms with Crippen molar-refractivity contribution in [2.45, 2.75) is 31.1 Å².